The molecule has 5 rings (SSSR count). The first-order valence-corrected chi connectivity index (χ1v) is 14.4. The Kier molecular flexibility index (Phi) is 9.25. The van der Waals surface area contributed by atoms with Gasteiger partial charge in [-0.25, -0.2) is 0 Å². The van der Waals surface area contributed by atoms with Crippen molar-refractivity contribution in [2.45, 2.75) is 62.7 Å². The summed E-state index contributed by atoms with van der Waals surface area (Å²) in [5.41, 5.74) is -2.29. The minimum atomic E-state index is -4.85. The number of nitrogens with zero attached hydrogens (tertiary/aromatic N) is 3. The van der Waals surface area contributed by atoms with E-state index < -0.39 is 34.1 Å². The second kappa shape index (κ2) is 12.8. The van der Waals surface area contributed by atoms with E-state index in [2.05, 4.69) is 10.2 Å². The van der Waals surface area contributed by atoms with Crippen molar-refractivity contribution in [1.82, 2.24) is 9.80 Å². The van der Waals surface area contributed by atoms with Crippen LogP contribution in [0.2, 0.25) is 0 Å². The fourth-order valence-electron chi connectivity index (χ4n) is 5.97. The van der Waals surface area contributed by atoms with Crippen molar-refractivity contribution in [3.63, 3.8) is 0 Å². The molecular weight excluding hydrogens is 598 g/mol. The Labute approximate surface area is 249 Å². The molecule has 1 unspecified atom stereocenters. The van der Waals surface area contributed by atoms with E-state index in [-0.39, 0.29) is 36.5 Å². The minimum Gasteiger partial charge on any atom is -0.488 e. The Hall–Kier alpha value is -3.59. The zero-order chi connectivity index (χ0) is 31.6. The number of alkyl halides is 6. The van der Waals surface area contributed by atoms with E-state index >= 15 is 0 Å². The first-order chi connectivity index (χ1) is 20.8. The number of fused-ring (bicyclic) bond motifs is 1. The van der Waals surface area contributed by atoms with Gasteiger partial charge in [0.25, 0.3) is 5.69 Å². The highest BCUT2D eigenvalue weighted by molar-refractivity contribution is 5.77. The molecule has 1 atom stereocenters. The normalized spacial score (nSPS) is 22.8. The monoisotopic (exact) mass is 630 g/mol. The Morgan fingerprint density at radius 2 is 1.68 bits per heavy atom. The number of hydrogen-bond acceptors (Lipinski definition) is 7. The molecule has 1 N–H and O–H groups in total. The van der Waals surface area contributed by atoms with Gasteiger partial charge in [-0.3, -0.25) is 19.8 Å². The summed E-state index contributed by atoms with van der Waals surface area (Å²) in [5, 5.41) is 14.0. The predicted molar refractivity (Wildman–Crippen MR) is 146 cm³/mol. The van der Waals surface area contributed by atoms with Crippen molar-refractivity contribution in [3.8, 4) is 5.75 Å². The number of nitrogens with one attached hydrogen (secondary N) is 1. The van der Waals surface area contributed by atoms with Crippen LogP contribution in [0.3, 0.4) is 0 Å². The number of ether oxygens (including phenoxy) is 2. The van der Waals surface area contributed by atoms with Crippen LogP contribution in [-0.4, -0.2) is 78.2 Å². The SMILES string of the molecule is O=C(CO[C@H]1CC[C@H](Nc2ccc([N+](=O)[O-])c(C(F)(F)F)c2)CC1)N1CCN(CC2Cc3cc(C(F)(F)F)ccc3O2)CC1. The highest BCUT2D eigenvalue weighted by Gasteiger charge is 2.39. The molecule has 2 aromatic rings. The molecule has 44 heavy (non-hydrogen) atoms. The second-order valence-corrected chi connectivity index (χ2v) is 11.4. The van der Waals surface area contributed by atoms with Gasteiger partial charge in [0, 0.05) is 56.9 Å². The zero-order valence-electron chi connectivity index (χ0n) is 23.6. The smallest absolute Gasteiger partial charge is 0.423 e. The molecule has 2 fully saturated rings. The third-order valence-electron chi connectivity index (χ3n) is 8.30. The molecule has 9 nitrogen and oxygen atoms in total. The molecule has 1 saturated heterocycles. The van der Waals surface area contributed by atoms with Crippen LogP contribution in [0.4, 0.5) is 37.7 Å². The standard InChI is InChI=1S/C29H32F6N4O5/c30-28(31,32)19-1-8-26-18(13-19)14-23(44-26)16-37-9-11-38(12-10-37)27(40)17-43-22-5-2-20(3-6-22)36-21-4-7-25(39(41)42)24(15-21)29(33,34)35/h1,4,7-8,13,15,20,22-23,36H,2-3,5-6,9-12,14,16-17H2/t20-,22-,23?. The fraction of sp³-hybridized carbons (Fsp3) is 0.552. The number of anilines is 1. The van der Waals surface area contributed by atoms with Crippen molar-refractivity contribution in [2.24, 2.45) is 0 Å². The lowest BCUT2D eigenvalue weighted by Crippen LogP contribution is -2.51. The number of nitro groups is 1. The lowest BCUT2D eigenvalue weighted by atomic mass is 9.92. The maximum absolute atomic E-state index is 13.3. The lowest BCUT2D eigenvalue weighted by molar-refractivity contribution is -0.388. The number of amides is 1. The van der Waals surface area contributed by atoms with Gasteiger partial charge in [0.1, 0.15) is 24.0 Å². The quantitative estimate of drug-likeness (QED) is 0.233. The number of rotatable bonds is 8. The summed E-state index contributed by atoms with van der Waals surface area (Å²) in [5.74, 6) is 0.334. The summed E-state index contributed by atoms with van der Waals surface area (Å²) >= 11 is 0. The molecule has 240 valence electrons. The number of piperazine rings is 1. The van der Waals surface area contributed by atoms with Crippen molar-refractivity contribution < 1.29 is 45.5 Å². The van der Waals surface area contributed by atoms with Gasteiger partial charge < -0.3 is 19.7 Å². The molecule has 2 aliphatic heterocycles. The van der Waals surface area contributed by atoms with E-state index in [1.54, 1.807) is 4.90 Å². The highest BCUT2D eigenvalue weighted by atomic mass is 19.4. The molecule has 1 aliphatic carbocycles. The molecule has 0 bridgehead atoms. The van der Waals surface area contributed by atoms with Crippen LogP contribution in [-0.2, 0) is 28.3 Å². The molecule has 1 saturated carbocycles. The number of halogens is 6. The highest BCUT2D eigenvalue weighted by Crippen LogP contribution is 2.39. The van der Waals surface area contributed by atoms with Gasteiger partial charge in [-0.2, -0.15) is 26.3 Å². The van der Waals surface area contributed by atoms with Gasteiger partial charge in [-0.05, 0) is 61.6 Å². The number of carbonyl (C=O) groups excluding carboxylic acids is 1. The molecule has 0 radical (unpaired) electrons. The van der Waals surface area contributed by atoms with Crippen LogP contribution >= 0.6 is 0 Å². The molecule has 15 heteroatoms. The number of nitro benzene ring substituents is 1. The van der Waals surface area contributed by atoms with Gasteiger partial charge >= 0.3 is 12.4 Å². The Bertz CT molecular complexity index is 1350. The lowest BCUT2D eigenvalue weighted by Gasteiger charge is -2.36. The van der Waals surface area contributed by atoms with Crippen molar-refractivity contribution >= 4 is 17.3 Å². The summed E-state index contributed by atoms with van der Waals surface area (Å²) < 4.78 is 90.6. The van der Waals surface area contributed by atoms with E-state index in [1.807, 2.05) is 0 Å². The topological polar surface area (TPSA) is 97.2 Å². The van der Waals surface area contributed by atoms with Crippen LogP contribution in [0.5, 0.6) is 5.75 Å². The number of carbonyl (C=O) groups is 1. The second-order valence-electron chi connectivity index (χ2n) is 11.4. The van der Waals surface area contributed by atoms with Gasteiger partial charge in [0.05, 0.1) is 16.6 Å². The minimum absolute atomic E-state index is 0.0807. The van der Waals surface area contributed by atoms with Crippen molar-refractivity contribution in [3.05, 3.63) is 63.2 Å². The molecule has 2 aromatic carbocycles. The van der Waals surface area contributed by atoms with Gasteiger partial charge in [0.15, 0.2) is 0 Å². The Morgan fingerprint density at radius 3 is 2.32 bits per heavy atom. The third kappa shape index (κ3) is 7.73. The number of benzene rings is 2. The van der Waals surface area contributed by atoms with E-state index in [0.717, 1.165) is 24.3 Å². The first kappa shape index (κ1) is 31.8. The van der Waals surface area contributed by atoms with Crippen LogP contribution in [0.15, 0.2) is 36.4 Å². The van der Waals surface area contributed by atoms with Gasteiger partial charge in [0.2, 0.25) is 5.91 Å². The summed E-state index contributed by atoms with van der Waals surface area (Å²) in [7, 11) is 0. The predicted octanol–water partition coefficient (Wildman–Crippen LogP) is 5.52. The van der Waals surface area contributed by atoms with Crippen LogP contribution < -0.4 is 10.1 Å². The molecule has 1 amide bonds. The van der Waals surface area contributed by atoms with E-state index in [9.17, 15) is 41.3 Å². The van der Waals surface area contributed by atoms with Crippen molar-refractivity contribution in [2.75, 3.05) is 44.6 Å². The summed E-state index contributed by atoms with van der Waals surface area (Å²) in [6, 6.07) is 6.26. The van der Waals surface area contributed by atoms with Gasteiger partial charge in [-0.1, -0.05) is 0 Å². The summed E-state index contributed by atoms with van der Waals surface area (Å²) in [6.07, 6.45) is -6.88. The molecule has 0 spiro atoms. The van der Waals surface area contributed by atoms with E-state index in [0.29, 0.717) is 76.1 Å². The average molecular weight is 631 g/mol. The average Bonchev–Trinajstić information content (AvgIpc) is 3.37. The van der Waals surface area contributed by atoms with Crippen LogP contribution in [0, 0.1) is 10.1 Å². The first-order valence-electron chi connectivity index (χ1n) is 14.4. The van der Waals surface area contributed by atoms with Crippen molar-refractivity contribution in [1.29, 1.82) is 0 Å². The largest absolute Gasteiger partial charge is 0.488 e. The van der Waals surface area contributed by atoms with Crippen LogP contribution in [0.25, 0.3) is 0 Å². The Balaban J connectivity index is 1.00. The van der Waals surface area contributed by atoms with Gasteiger partial charge in [-0.15, -0.1) is 0 Å². The molecule has 2 heterocycles. The van der Waals surface area contributed by atoms with E-state index in [1.165, 1.54) is 12.1 Å². The summed E-state index contributed by atoms with van der Waals surface area (Å²) in [4.78, 5) is 26.5. The summed E-state index contributed by atoms with van der Waals surface area (Å²) in [6.45, 7) is 2.65. The Morgan fingerprint density at radius 1 is 0.977 bits per heavy atom. The zero-order valence-corrected chi connectivity index (χ0v) is 23.6. The fourth-order valence-corrected chi connectivity index (χ4v) is 5.97. The molecular formula is C29H32F6N4O5. The number of hydrogen-bond donors (Lipinski definition) is 1. The molecule has 0 aromatic heterocycles. The van der Waals surface area contributed by atoms with Crippen LogP contribution in [0.1, 0.15) is 42.4 Å². The maximum atomic E-state index is 13.3. The molecule has 3 aliphatic rings. The third-order valence-corrected chi connectivity index (χ3v) is 8.30. The maximum Gasteiger partial charge on any atom is 0.423 e. The van der Waals surface area contributed by atoms with E-state index in [4.69, 9.17) is 9.47 Å².